The van der Waals surface area contributed by atoms with Gasteiger partial charge in [0.05, 0.1) is 0 Å². The van der Waals surface area contributed by atoms with Gasteiger partial charge in [-0.1, -0.05) is 52.0 Å². The molecular formula is C16H25NO. The summed E-state index contributed by atoms with van der Waals surface area (Å²) in [7, 11) is 0. The van der Waals surface area contributed by atoms with E-state index >= 15 is 0 Å². The summed E-state index contributed by atoms with van der Waals surface area (Å²) in [5.41, 5.74) is 2.03. The van der Waals surface area contributed by atoms with Crippen molar-refractivity contribution in [3.8, 4) is 0 Å². The van der Waals surface area contributed by atoms with Crippen molar-refractivity contribution < 1.29 is 4.79 Å². The molecule has 18 heavy (non-hydrogen) atoms. The normalized spacial score (nSPS) is 11.5. The smallest absolute Gasteiger partial charge is 0.150 e. The number of carbonyl (C=O) groups excluding carboxylic acids is 1. The maximum absolute atomic E-state index is 10.6. The lowest BCUT2D eigenvalue weighted by molar-refractivity contribution is 0.112. The second-order valence-corrected chi connectivity index (χ2v) is 5.84. The highest BCUT2D eigenvalue weighted by molar-refractivity contribution is 5.74. The van der Waals surface area contributed by atoms with E-state index in [0.29, 0.717) is 11.8 Å². The second-order valence-electron chi connectivity index (χ2n) is 5.84. The van der Waals surface area contributed by atoms with Crippen molar-refractivity contribution in [2.75, 3.05) is 13.1 Å². The quantitative estimate of drug-likeness (QED) is 0.686. The van der Waals surface area contributed by atoms with Gasteiger partial charge >= 0.3 is 0 Å². The highest BCUT2D eigenvalue weighted by Crippen LogP contribution is 2.10. The fourth-order valence-corrected chi connectivity index (χ4v) is 2.20. The summed E-state index contributed by atoms with van der Waals surface area (Å²) < 4.78 is 0. The zero-order chi connectivity index (χ0) is 13.5. The van der Waals surface area contributed by atoms with Crippen LogP contribution in [0.25, 0.3) is 0 Å². The van der Waals surface area contributed by atoms with Crippen LogP contribution in [0.15, 0.2) is 24.3 Å². The minimum Gasteiger partial charge on any atom is -0.299 e. The maximum Gasteiger partial charge on any atom is 0.150 e. The molecule has 0 aliphatic rings. The Morgan fingerprint density at radius 2 is 1.50 bits per heavy atom. The Morgan fingerprint density at radius 1 is 1.00 bits per heavy atom. The van der Waals surface area contributed by atoms with Crippen molar-refractivity contribution in [1.29, 1.82) is 0 Å². The molecule has 0 saturated carbocycles. The fourth-order valence-electron chi connectivity index (χ4n) is 2.20. The van der Waals surface area contributed by atoms with Gasteiger partial charge in [0, 0.05) is 25.2 Å². The molecular weight excluding hydrogens is 222 g/mol. The molecule has 0 unspecified atom stereocenters. The Kier molecular flexibility index (Phi) is 6.06. The van der Waals surface area contributed by atoms with Crippen LogP contribution in [-0.2, 0) is 6.54 Å². The van der Waals surface area contributed by atoms with Crippen LogP contribution in [0.1, 0.15) is 43.6 Å². The zero-order valence-corrected chi connectivity index (χ0v) is 12.0. The third-order valence-electron chi connectivity index (χ3n) is 2.77. The number of rotatable bonds is 7. The molecule has 0 aliphatic heterocycles. The number of benzene rings is 1. The van der Waals surface area contributed by atoms with Crippen LogP contribution in [0.3, 0.4) is 0 Å². The van der Waals surface area contributed by atoms with Crippen molar-refractivity contribution in [2.24, 2.45) is 11.8 Å². The van der Waals surface area contributed by atoms with E-state index in [-0.39, 0.29) is 0 Å². The van der Waals surface area contributed by atoms with E-state index in [1.807, 2.05) is 12.1 Å². The predicted octanol–water partition coefficient (Wildman–Crippen LogP) is 3.61. The van der Waals surface area contributed by atoms with Gasteiger partial charge in [-0.25, -0.2) is 0 Å². The average Bonchev–Trinajstić information content (AvgIpc) is 2.28. The lowest BCUT2D eigenvalue weighted by Crippen LogP contribution is -2.30. The van der Waals surface area contributed by atoms with Crippen LogP contribution < -0.4 is 0 Å². The van der Waals surface area contributed by atoms with Gasteiger partial charge in [-0.15, -0.1) is 0 Å². The lowest BCUT2D eigenvalue weighted by atomic mass is 10.1. The number of nitrogens with zero attached hydrogens (tertiary/aromatic N) is 1. The summed E-state index contributed by atoms with van der Waals surface area (Å²) in [4.78, 5) is 13.1. The summed E-state index contributed by atoms with van der Waals surface area (Å²) >= 11 is 0. The van der Waals surface area contributed by atoms with Gasteiger partial charge in [0.25, 0.3) is 0 Å². The number of hydrogen-bond acceptors (Lipinski definition) is 2. The molecule has 1 aromatic carbocycles. The van der Waals surface area contributed by atoms with E-state index in [1.165, 1.54) is 5.56 Å². The van der Waals surface area contributed by atoms with Crippen molar-refractivity contribution in [2.45, 2.75) is 34.2 Å². The summed E-state index contributed by atoms with van der Waals surface area (Å²) in [5, 5.41) is 0. The van der Waals surface area contributed by atoms with Gasteiger partial charge in [-0.3, -0.25) is 9.69 Å². The van der Waals surface area contributed by atoms with Crippen molar-refractivity contribution >= 4 is 6.29 Å². The van der Waals surface area contributed by atoms with Gasteiger partial charge in [0.2, 0.25) is 0 Å². The Balaban J connectivity index is 2.65. The number of carbonyl (C=O) groups is 1. The third kappa shape index (κ3) is 5.46. The summed E-state index contributed by atoms with van der Waals surface area (Å²) in [6.07, 6.45) is 0.893. The molecule has 0 heterocycles. The molecule has 2 nitrogen and oxygen atoms in total. The molecule has 0 N–H and O–H groups in total. The maximum atomic E-state index is 10.6. The average molecular weight is 247 g/mol. The molecule has 0 bridgehead atoms. The van der Waals surface area contributed by atoms with Crippen molar-refractivity contribution in [3.05, 3.63) is 35.4 Å². The Labute approximate surface area is 111 Å². The van der Waals surface area contributed by atoms with Gasteiger partial charge in [-0.05, 0) is 17.4 Å². The molecule has 0 aromatic heterocycles. The van der Waals surface area contributed by atoms with E-state index in [2.05, 4.69) is 44.7 Å². The minimum atomic E-state index is 0.679. The van der Waals surface area contributed by atoms with Crippen LogP contribution in [0.5, 0.6) is 0 Å². The van der Waals surface area contributed by atoms with Gasteiger partial charge in [0.1, 0.15) is 6.29 Å². The van der Waals surface area contributed by atoms with Crippen molar-refractivity contribution in [1.82, 2.24) is 4.90 Å². The van der Waals surface area contributed by atoms with Crippen LogP contribution in [0.2, 0.25) is 0 Å². The van der Waals surface area contributed by atoms with Gasteiger partial charge in [-0.2, -0.15) is 0 Å². The molecule has 0 fully saturated rings. The van der Waals surface area contributed by atoms with Crippen LogP contribution >= 0.6 is 0 Å². The van der Waals surface area contributed by atoms with E-state index in [0.717, 1.165) is 31.5 Å². The van der Waals surface area contributed by atoms with Gasteiger partial charge < -0.3 is 0 Å². The monoisotopic (exact) mass is 247 g/mol. The molecule has 0 amide bonds. The molecule has 1 rings (SSSR count). The molecule has 0 aliphatic carbocycles. The second kappa shape index (κ2) is 7.32. The van der Waals surface area contributed by atoms with E-state index < -0.39 is 0 Å². The van der Waals surface area contributed by atoms with Crippen LogP contribution in [0, 0.1) is 11.8 Å². The largest absolute Gasteiger partial charge is 0.299 e. The fraction of sp³-hybridized carbons (Fsp3) is 0.562. The van der Waals surface area contributed by atoms with Crippen LogP contribution in [0.4, 0.5) is 0 Å². The SMILES string of the molecule is CC(C)CN(Cc1ccc(C=O)cc1)CC(C)C. The summed E-state index contributed by atoms with van der Waals surface area (Å²) in [6, 6.07) is 7.89. The Hall–Kier alpha value is -1.15. The topological polar surface area (TPSA) is 20.3 Å². The first-order valence-corrected chi connectivity index (χ1v) is 6.77. The molecule has 1 aromatic rings. The molecule has 0 radical (unpaired) electrons. The lowest BCUT2D eigenvalue weighted by Gasteiger charge is -2.26. The first-order chi connectivity index (χ1) is 8.51. The Bertz CT molecular complexity index is 344. The molecule has 2 heteroatoms. The van der Waals surface area contributed by atoms with E-state index in [9.17, 15) is 4.79 Å². The third-order valence-corrected chi connectivity index (χ3v) is 2.77. The highest BCUT2D eigenvalue weighted by Gasteiger charge is 2.10. The Morgan fingerprint density at radius 3 is 1.89 bits per heavy atom. The number of hydrogen-bond donors (Lipinski definition) is 0. The van der Waals surface area contributed by atoms with Gasteiger partial charge in [0.15, 0.2) is 0 Å². The molecule has 0 spiro atoms. The first-order valence-electron chi connectivity index (χ1n) is 6.77. The summed E-state index contributed by atoms with van der Waals surface area (Å²) in [5.74, 6) is 1.36. The minimum absolute atomic E-state index is 0.679. The zero-order valence-electron chi connectivity index (χ0n) is 12.0. The highest BCUT2D eigenvalue weighted by atomic mass is 16.1. The van der Waals surface area contributed by atoms with Crippen LogP contribution in [-0.4, -0.2) is 24.3 Å². The molecule has 100 valence electrons. The van der Waals surface area contributed by atoms with Crippen molar-refractivity contribution in [3.63, 3.8) is 0 Å². The first kappa shape index (κ1) is 14.9. The number of aldehydes is 1. The standard InChI is InChI=1S/C16H25NO/c1-13(2)9-17(10-14(3)4)11-15-5-7-16(12-18)8-6-15/h5-8,12-14H,9-11H2,1-4H3. The van der Waals surface area contributed by atoms with E-state index in [4.69, 9.17) is 0 Å². The summed E-state index contributed by atoms with van der Waals surface area (Å²) in [6.45, 7) is 12.2. The predicted molar refractivity (Wildman–Crippen MR) is 76.8 cm³/mol. The van der Waals surface area contributed by atoms with E-state index in [1.54, 1.807) is 0 Å². The molecule has 0 atom stereocenters. The molecule has 0 saturated heterocycles.